The minimum absolute atomic E-state index is 0.0672. The first-order valence-corrected chi connectivity index (χ1v) is 28.9. The zero-order valence-corrected chi connectivity index (χ0v) is 42.7. The highest BCUT2D eigenvalue weighted by Crippen LogP contribution is 2.47. The second-order valence-electron chi connectivity index (χ2n) is 19.5. The van der Waals surface area contributed by atoms with E-state index in [0.717, 1.165) is 38.5 Å². The van der Waals surface area contributed by atoms with E-state index in [9.17, 15) is 39.8 Å². The molecule has 0 radical (unpaired) electrons. The van der Waals surface area contributed by atoms with Crippen LogP contribution in [-0.2, 0) is 27.9 Å². The molecule has 6 unspecified atom stereocenters. The molecule has 65 heavy (non-hydrogen) atoms. The third-order valence-electron chi connectivity index (χ3n) is 13.2. The topological polar surface area (TPSA) is 192 Å². The maximum Gasteiger partial charge on any atom is 0.472 e. The van der Waals surface area contributed by atoms with Crippen molar-refractivity contribution in [1.29, 1.82) is 0 Å². The average Bonchev–Trinajstić information content (AvgIpc) is 3.29. The van der Waals surface area contributed by atoms with Gasteiger partial charge >= 0.3 is 13.8 Å². The van der Waals surface area contributed by atoms with Gasteiger partial charge in [-0.15, -0.1) is 0 Å². The SMILES string of the molecule is CCCCCCCCCCCCCCCCCCCCCCOCC(COP(=O)(O)OC1C(O)C(O)C(O)C(O)C1O)OC(=O)CCCCCCCCCCCCCCCCCCCC. The van der Waals surface area contributed by atoms with Gasteiger partial charge < -0.3 is 39.9 Å². The lowest BCUT2D eigenvalue weighted by atomic mass is 9.85. The summed E-state index contributed by atoms with van der Waals surface area (Å²) in [5.74, 6) is -0.468. The van der Waals surface area contributed by atoms with E-state index in [0.29, 0.717) is 13.0 Å². The van der Waals surface area contributed by atoms with E-state index in [1.807, 2.05) is 0 Å². The number of phosphoric acid groups is 1. The Balaban J connectivity index is 2.29. The molecule has 0 aliphatic heterocycles. The molecule has 1 fully saturated rings. The number of aliphatic hydroxyl groups is 5. The maximum atomic E-state index is 12.9. The number of rotatable bonds is 48. The molecule has 388 valence electrons. The molecule has 0 bridgehead atoms. The molecule has 0 aromatic carbocycles. The van der Waals surface area contributed by atoms with Gasteiger partial charge in [-0.3, -0.25) is 13.8 Å². The molecular weight excluding hydrogens is 848 g/mol. The molecule has 13 heteroatoms. The predicted octanol–water partition coefficient (Wildman–Crippen LogP) is 12.5. The lowest BCUT2D eigenvalue weighted by molar-refractivity contribution is -0.220. The van der Waals surface area contributed by atoms with Crippen LogP contribution >= 0.6 is 7.82 Å². The summed E-state index contributed by atoms with van der Waals surface area (Å²) in [6.07, 6.45) is 36.0. The van der Waals surface area contributed by atoms with Gasteiger partial charge in [0.25, 0.3) is 0 Å². The molecule has 6 N–H and O–H groups in total. The standard InChI is InChI=1S/C52H103O12P/c1-3-5-7-9-11-13-15-17-19-21-23-24-26-28-30-32-34-36-38-40-42-61-43-45(44-62-65(59,60)64-52-50(57)48(55)47(54)49(56)51(52)58)63-46(53)41-39-37-35-33-31-29-27-25-22-20-18-16-14-12-10-8-6-4-2/h45,47-52,54-58H,3-44H2,1-2H3,(H,59,60). The van der Waals surface area contributed by atoms with E-state index >= 15 is 0 Å². The summed E-state index contributed by atoms with van der Waals surface area (Å²) in [7, 11) is -5.02. The van der Waals surface area contributed by atoms with Crippen molar-refractivity contribution >= 4 is 13.8 Å². The maximum absolute atomic E-state index is 12.9. The molecule has 0 aromatic rings. The number of hydrogen-bond donors (Lipinski definition) is 6. The van der Waals surface area contributed by atoms with Crippen LogP contribution in [0.25, 0.3) is 0 Å². The molecule has 1 aliphatic carbocycles. The fourth-order valence-electron chi connectivity index (χ4n) is 8.89. The van der Waals surface area contributed by atoms with Crippen molar-refractivity contribution in [2.24, 2.45) is 0 Å². The smallest absolute Gasteiger partial charge is 0.457 e. The van der Waals surface area contributed by atoms with Crippen molar-refractivity contribution < 1.29 is 58.3 Å². The molecule has 0 saturated heterocycles. The number of esters is 1. The van der Waals surface area contributed by atoms with Crippen molar-refractivity contribution in [3.05, 3.63) is 0 Å². The average molecular weight is 951 g/mol. The largest absolute Gasteiger partial charge is 0.472 e. The molecular formula is C52H103O12P. The van der Waals surface area contributed by atoms with Crippen LogP contribution in [0.3, 0.4) is 0 Å². The molecule has 1 saturated carbocycles. The van der Waals surface area contributed by atoms with Gasteiger partial charge in [-0.1, -0.05) is 245 Å². The Morgan fingerprint density at radius 2 is 0.723 bits per heavy atom. The molecule has 1 rings (SSSR count). The summed E-state index contributed by atoms with van der Waals surface area (Å²) in [6.45, 7) is 4.33. The highest BCUT2D eigenvalue weighted by atomic mass is 31.2. The predicted molar refractivity (Wildman–Crippen MR) is 263 cm³/mol. The van der Waals surface area contributed by atoms with Gasteiger partial charge in [0.15, 0.2) is 0 Å². The summed E-state index contributed by atoms with van der Waals surface area (Å²) < 4.78 is 34.4. The zero-order chi connectivity index (χ0) is 47.6. The Bertz CT molecular complexity index is 1080. The van der Waals surface area contributed by atoms with Gasteiger partial charge in [-0.05, 0) is 12.8 Å². The number of hydrogen-bond acceptors (Lipinski definition) is 11. The molecule has 0 heterocycles. The van der Waals surface area contributed by atoms with Gasteiger partial charge in [-0.2, -0.15) is 0 Å². The number of carbonyl (C=O) groups is 1. The number of unbranched alkanes of at least 4 members (excludes halogenated alkanes) is 36. The van der Waals surface area contributed by atoms with E-state index in [2.05, 4.69) is 13.8 Å². The lowest BCUT2D eigenvalue weighted by Crippen LogP contribution is -2.64. The summed E-state index contributed by atoms with van der Waals surface area (Å²) in [5.41, 5.74) is 0. The molecule has 0 aromatic heterocycles. The van der Waals surface area contributed by atoms with E-state index in [4.69, 9.17) is 18.5 Å². The van der Waals surface area contributed by atoms with Crippen LogP contribution in [0.4, 0.5) is 0 Å². The highest BCUT2D eigenvalue weighted by Gasteiger charge is 2.51. The van der Waals surface area contributed by atoms with Crippen LogP contribution in [0.5, 0.6) is 0 Å². The van der Waals surface area contributed by atoms with E-state index in [-0.39, 0.29) is 13.0 Å². The summed E-state index contributed by atoms with van der Waals surface area (Å²) in [4.78, 5) is 23.3. The fraction of sp³-hybridized carbons (Fsp3) is 0.981. The summed E-state index contributed by atoms with van der Waals surface area (Å²) >= 11 is 0. The van der Waals surface area contributed by atoms with Gasteiger partial charge in [0.05, 0.1) is 13.2 Å². The van der Waals surface area contributed by atoms with Crippen molar-refractivity contribution in [3.8, 4) is 0 Å². The first kappa shape index (κ1) is 62.4. The van der Waals surface area contributed by atoms with Crippen molar-refractivity contribution in [2.75, 3.05) is 19.8 Å². The lowest BCUT2D eigenvalue weighted by Gasteiger charge is -2.41. The van der Waals surface area contributed by atoms with Crippen molar-refractivity contribution in [3.63, 3.8) is 0 Å². The second kappa shape index (κ2) is 43.4. The van der Waals surface area contributed by atoms with Crippen LogP contribution in [0.1, 0.15) is 264 Å². The highest BCUT2D eigenvalue weighted by molar-refractivity contribution is 7.47. The number of carbonyl (C=O) groups excluding carboxylic acids is 1. The van der Waals surface area contributed by atoms with Crippen LogP contribution in [0.15, 0.2) is 0 Å². The number of phosphoric ester groups is 1. The summed E-state index contributed by atoms with van der Waals surface area (Å²) in [6, 6.07) is 0. The summed E-state index contributed by atoms with van der Waals surface area (Å²) in [5, 5.41) is 50.3. The fourth-order valence-corrected chi connectivity index (χ4v) is 9.86. The van der Waals surface area contributed by atoms with Crippen LogP contribution in [-0.4, -0.2) is 98.9 Å². The van der Waals surface area contributed by atoms with Crippen molar-refractivity contribution in [1.82, 2.24) is 0 Å². The monoisotopic (exact) mass is 951 g/mol. The Kier molecular flexibility index (Phi) is 41.6. The first-order valence-electron chi connectivity index (χ1n) is 27.4. The van der Waals surface area contributed by atoms with Crippen LogP contribution < -0.4 is 0 Å². The molecule has 12 nitrogen and oxygen atoms in total. The Morgan fingerprint density at radius 3 is 1.06 bits per heavy atom. The first-order chi connectivity index (χ1) is 31.5. The van der Waals surface area contributed by atoms with Gasteiger partial charge in [-0.25, -0.2) is 4.57 Å². The molecule has 1 aliphatic rings. The second-order valence-corrected chi connectivity index (χ2v) is 20.9. The molecule has 0 amide bonds. The van der Waals surface area contributed by atoms with Crippen LogP contribution in [0.2, 0.25) is 0 Å². The third-order valence-corrected chi connectivity index (χ3v) is 14.2. The van der Waals surface area contributed by atoms with Gasteiger partial charge in [0.2, 0.25) is 0 Å². The molecule has 6 atom stereocenters. The quantitative estimate of drug-likeness (QED) is 0.0192. The minimum Gasteiger partial charge on any atom is -0.457 e. The van der Waals surface area contributed by atoms with E-state index in [1.165, 1.54) is 199 Å². The van der Waals surface area contributed by atoms with Gasteiger partial charge in [0, 0.05) is 13.0 Å². The number of ether oxygens (including phenoxy) is 2. The van der Waals surface area contributed by atoms with E-state index < -0.39 is 63.1 Å². The van der Waals surface area contributed by atoms with Crippen LogP contribution in [0, 0.1) is 0 Å². The third kappa shape index (κ3) is 35.2. The zero-order valence-electron chi connectivity index (χ0n) is 41.8. The number of aliphatic hydroxyl groups excluding tert-OH is 5. The molecule has 0 spiro atoms. The minimum atomic E-state index is -5.02. The normalized spacial score (nSPS) is 21.4. The van der Waals surface area contributed by atoms with Gasteiger partial charge in [0.1, 0.15) is 42.7 Å². The van der Waals surface area contributed by atoms with Crippen molar-refractivity contribution in [2.45, 2.75) is 307 Å². The Labute approximate surface area is 397 Å². The Hall–Kier alpha value is -0.660. The van der Waals surface area contributed by atoms with E-state index in [1.54, 1.807) is 0 Å². The Morgan fingerprint density at radius 1 is 0.431 bits per heavy atom.